The summed E-state index contributed by atoms with van der Waals surface area (Å²) >= 11 is 0. The van der Waals surface area contributed by atoms with Crippen LogP contribution in [0.4, 0.5) is 4.39 Å². The third kappa shape index (κ3) is 3.03. The average molecular weight is 223 g/mol. The number of aliphatic hydroxyl groups excluding tert-OH is 1. The van der Waals surface area contributed by atoms with E-state index >= 15 is 0 Å². The minimum atomic E-state index is -0.192. The highest BCUT2D eigenvalue weighted by molar-refractivity contribution is 5.16. The number of halogens is 1. The Morgan fingerprint density at radius 3 is 2.62 bits per heavy atom. The summed E-state index contributed by atoms with van der Waals surface area (Å²) in [4.78, 5) is 0. The molecule has 1 aliphatic rings. The van der Waals surface area contributed by atoms with Gasteiger partial charge < -0.3 is 10.4 Å². The van der Waals surface area contributed by atoms with E-state index in [1.165, 1.54) is 12.1 Å². The predicted molar refractivity (Wildman–Crippen MR) is 61.8 cm³/mol. The van der Waals surface area contributed by atoms with Crippen LogP contribution < -0.4 is 5.32 Å². The Morgan fingerprint density at radius 2 is 2.00 bits per heavy atom. The SMILES string of the molecule is O[C@H]1CCC[C@@H]1NCCc1ccc(F)cc1. The fourth-order valence-electron chi connectivity index (χ4n) is 2.23. The zero-order valence-electron chi connectivity index (χ0n) is 9.32. The molecule has 1 aromatic carbocycles. The largest absolute Gasteiger partial charge is 0.392 e. The minimum Gasteiger partial charge on any atom is -0.392 e. The first-order valence-electron chi connectivity index (χ1n) is 5.91. The molecule has 16 heavy (non-hydrogen) atoms. The molecule has 0 radical (unpaired) electrons. The van der Waals surface area contributed by atoms with Gasteiger partial charge in [-0.1, -0.05) is 12.1 Å². The summed E-state index contributed by atoms with van der Waals surface area (Å²) in [6, 6.07) is 6.84. The van der Waals surface area contributed by atoms with Gasteiger partial charge in [0.1, 0.15) is 5.82 Å². The summed E-state index contributed by atoms with van der Waals surface area (Å²) in [6.07, 6.45) is 3.77. The molecule has 1 saturated carbocycles. The lowest BCUT2D eigenvalue weighted by Gasteiger charge is -2.16. The van der Waals surface area contributed by atoms with Crippen molar-refractivity contribution in [2.24, 2.45) is 0 Å². The van der Waals surface area contributed by atoms with Crippen LogP contribution in [-0.2, 0) is 6.42 Å². The monoisotopic (exact) mass is 223 g/mol. The normalized spacial score (nSPS) is 24.9. The summed E-state index contributed by atoms with van der Waals surface area (Å²) in [5, 5.41) is 13.0. The van der Waals surface area contributed by atoms with E-state index in [4.69, 9.17) is 0 Å². The fourth-order valence-corrected chi connectivity index (χ4v) is 2.23. The van der Waals surface area contributed by atoms with Crippen molar-refractivity contribution >= 4 is 0 Å². The van der Waals surface area contributed by atoms with Gasteiger partial charge in [-0.15, -0.1) is 0 Å². The van der Waals surface area contributed by atoms with Gasteiger partial charge in [0.25, 0.3) is 0 Å². The van der Waals surface area contributed by atoms with Crippen LogP contribution in [0.1, 0.15) is 24.8 Å². The first-order chi connectivity index (χ1) is 7.75. The van der Waals surface area contributed by atoms with Gasteiger partial charge in [-0.25, -0.2) is 4.39 Å². The molecule has 2 nitrogen and oxygen atoms in total. The smallest absolute Gasteiger partial charge is 0.123 e. The first-order valence-corrected chi connectivity index (χ1v) is 5.91. The quantitative estimate of drug-likeness (QED) is 0.816. The molecule has 0 unspecified atom stereocenters. The lowest BCUT2D eigenvalue weighted by atomic mass is 10.1. The second kappa shape index (κ2) is 5.41. The topological polar surface area (TPSA) is 32.3 Å². The van der Waals surface area contributed by atoms with Gasteiger partial charge in [-0.3, -0.25) is 0 Å². The lowest BCUT2D eigenvalue weighted by Crippen LogP contribution is -2.36. The molecule has 2 N–H and O–H groups in total. The highest BCUT2D eigenvalue weighted by atomic mass is 19.1. The van der Waals surface area contributed by atoms with Crippen LogP contribution in [0.25, 0.3) is 0 Å². The van der Waals surface area contributed by atoms with Crippen molar-refractivity contribution in [1.29, 1.82) is 0 Å². The third-order valence-corrected chi connectivity index (χ3v) is 3.21. The molecule has 88 valence electrons. The van der Waals surface area contributed by atoms with Crippen LogP contribution in [0, 0.1) is 5.82 Å². The summed E-state index contributed by atoms with van der Waals surface area (Å²) < 4.78 is 12.7. The maximum absolute atomic E-state index is 12.7. The molecule has 1 fully saturated rings. The van der Waals surface area contributed by atoms with Gasteiger partial charge in [-0.05, 0) is 49.9 Å². The molecule has 1 aromatic rings. The van der Waals surface area contributed by atoms with E-state index in [-0.39, 0.29) is 18.0 Å². The first kappa shape index (κ1) is 11.6. The molecule has 3 heteroatoms. The van der Waals surface area contributed by atoms with Crippen molar-refractivity contribution in [1.82, 2.24) is 5.32 Å². The zero-order chi connectivity index (χ0) is 11.4. The number of benzene rings is 1. The van der Waals surface area contributed by atoms with Gasteiger partial charge in [0.2, 0.25) is 0 Å². The molecular weight excluding hydrogens is 205 g/mol. The molecule has 0 bridgehead atoms. The lowest BCUT2D eigenvalue weighted by molar-refractivity contribution is 0.149. The Kier molecular flexibility index (Phi) is 3.91. The van der Waals surface area contributed by atoms with Gasteiger partial charge >= 0.3 is 0 Å². The average Bonchev–Trinajstić information content (AvgIpc) is 2.68. The Labute approximate surface area is 95.5 Å². The molecule has 0 amide bonds. The van der Waals surface area contributed by atoms with Crippen molar-refractivity contribution in [3.8, 4) is 0 Å². The van der Waals surface area contributed by atoms with Crippen LogP contribution in [-0.4, -0.2) is 23.8 Å². The Balaban J connectivity index is 1.73. The van der Waals surface area contributed by atoms with Crippen molar-refractivity contribution in [3.63, 3.8) is 0 Å². The Bertz CT molecular complexity index is 325. The second-order valence-electron chi connectivity index (χ2n) is 4.44. The van der Waals surface area contributed by atoms with Gasteiger partial charge in [0, 0.05) is 6.04 Å². The van der Waals surface area contributed by atoms with Gasteiger partial charge in [-0.2, -0.15) is 0 Å². The van der Waals surface area contributed by atoms with E-state index in [9.17, 15) is 9.50 Å². The Hall–Kier alpha value is -0.930. The molecule has 0 heterocycles. The van der Waals surface area contributed by atoms with E-state index in [1.807, 2.05) is 12.1 Å². The highest BCUT2D eigenvalue weighted by Crippen LogP contribution is 2.18. The molecule has 0 aromatic heterocycles. The Morgan fingerprint density at radius 1 is 1.25 bits per heavy atom. The van der Waals surface area contributed by atoms with E-state index in [1.54, 1.807) is 0 Å². The zero-order valence-corrected chi connectivity index (χ0v) is 9.32. The standard InChI is InChI=1S/C13H18FNO/c14-11-6-4-10(5-7-11)8-9-15-12-2-1-3-13(12)16/h4-7,12-13,15-16H,1-3,8-9H2/t12-,13-/m0/s1. The number of hydrogen-bond acceptors (Lipinski definition) is 2. The summed E-state index contributed by atoms with van der Waals surface area (Å²) in [7, 11) is 0. The predicted octanol–water partition coefficient (Wildman–Crippen LogP) is 1.87. The highest BCUT2D eigenvalue weighted by Gasteiger charge is 2.23. The number of nitrogens with one attached hydrogen (secondary N) is 1. The second-order valence-corrected chi connectivity index (χ2v) is 4.44. The minimum absolute atomic E-state index is 0.187. The van der Waals surface area contributed by atoms with E-state index in [0.29, 0.717) is 0 Å². The van der Waals surface area contributed by atoms with Crippen molar-refractivity contribution in [2.75, 3.05) is 6.54 Å². The van der Waals surface area contributed by atoms with Crippen molar-refractivity contribution in [2.45, 2.75) is 37.8 Å². The van der Waals surface area contributed by atoms with Gasteiger partial charge in [0.15, 0.2) is 0 Å². The number of hydrogen-bond donors (Lipinski definition) is 2. The third-order valence-electron chi connectivity index (χ3n) is 3.21. The van der Waals surface area contributed by atoms with Crippen LogP contribution in [0.2, 0.25) is 0 Å². The summed E-state index contributed by atoms with van der Waals surface area (Å²) in [5.41, 5.74) is 1.13. The van der Waals surface area contributed by atoms with Crippen LogP contribution in [0.5, 0.6) is 0 Å². The molecule has 2 atom stereocenters. The summed E-state index contributed by atoms with van der Waals surface area (Å²) in [6.45, 7) is 0.841. The molecule has 0 spiro atoms. The maximum Gasteiger partial charge on any atom is 0.123 e. The van der Waals surface area contributed by atoms with Crippen LogP contribution >= 0.6 is 0 Å². The molecular formula is C13H18FNO. The summed E-state index contributed by atoms with van der Waals surface area (Å²) in [5.74, 6) is -0.192. The molecule has 0 saturated heterocycles. The molecule has 1 aliphatic carbocycles. The van der Waals surface area contributed by atoms with Crippen LogP contribution in [0.3, 0.4) is 0 Å². The van der Waals surface area contributed by atoms with E-state index in [2.05, 4.69) is 5.32 Å². The molecule has 0 aliphatic heterocycles. The fraction of sp³-hybridized carbons (Fsp3) is 0.538. The van der Waals surface area contributed by atoms with Gasteiger partial charge in [0.05, 0.1) is 6.10 Å². The number of aliphatic hydroxyl groups is 1. The van der Waals surface area contributed by atoms with Crippen molar-refractivity contribution < 1.29 is 9.50 Å². The van der Waals surface area contributed by atoms with E-state index < -0.39 is 0 Å². The maximum atomic E-state index is 12.7. The van der Waals surface area contributed by atoms with E-state index in [0.717, 1.165) is 37.8 Å². The van der Waals surface area contributed by atoms with Crippen molar-refractivity contribution in [3.05, 3.63) is 35.6 Å². The number of rotatable bonds is 4. The van der Waals surface area contributed by atoms with Crippen LogP contribution in [0.15, 0.2) is 24.3 Å². The molecule has 2 rings (SSSR count).